The highest BCUT2D eigenvalue weighted by Crippen LogP contribution is 2.45. The molecule has 0 bridgehead atoms. The summed E-state index contributed by atoms with van der Waals surface area (Å²) in [5.74, 6) is 0.819. The smallest absolute Gasteiger partial charge is 0.304 e. The molecule has 6 rings (SSSR count). The van der Waals surface area contributed by atoms with Crippen LogP contribution in [0.25, 0.3) is 11.1 Å². The van der Waals surface area contributed by atoms with E-state index in [9.17, 15) is 4.79 Å². The zero-order valence-electron chi connectivity index (χ0n) is 22.5. The van der Waals surface area contributed by atoms with E-state index in [4.69, 9.17) is 24.1 Å². The van der Waals surface area contributed by atoms with Crippen LogP contribution in [-0.4, -0.2) is 37.5 Å². The Bertz CT molecular complexity index is 1420. The number of rotatable bonds is 8. The lowest BCUT2D eigenvalue weighted by molar-refractivity contribution is -0.137. The van der Waals surface area contributed by atoms with E-state index >= 15 is 4.39 Å². The van der Waals surface area contributed by atoms with Crippen LogP contribution in [0.2, 0.25) is 0 Å². The van der Waals surface area contributed by atoms with E-state index in [1.165, 1.54) is 0 Å². The van der Waals surface area contributed by atoms with E-state index in [0.717, 1.165) is 57.5 Å². The molecule has 0 aromatic heterocycles. The summed E-state index contributed by atoms with van der Waals surface area (Å²) in [7, 11) is 0. The molecule has 6 nitrogen and oxygen atoms in total. The second kappa shape index (κ2) is 9.87. The lowest BCUT2D eigenvalue weighted by Gasteiger charge is -2.37. The Hall–Kier alpha value is -3.58. The number of halogens is 1. The van der Waals surface area contributed by atoms with Gasteiger partial charge in [-0.15, -0.1) is 0 Å². The molecule has 0 radical (unpaired) electrons. The number of hydrogen-bond acceptors (Lipinski definition) is 5. The Morgan fingerprint density at radius 2 is 1.85 bits per heavy atom. The quantitative estimate of drug-likeness (QED) is 0.355. The highest BCUT2D eigenvalue weighted by molar-refractivity contribution is 5.76. The summed E-state index contributed by atoms with van der Waals surface area (Å²) >= 11 is 0. The van der Waals surface area contributed by atoms with Gasteiger partial charge >= 0.3 is 5.97 Å². The molecule has 0 spiro atoms. The van der Waals surface area contributed by atoms with Crippen molar-refractivity contribution in [3.05, 3.63) is 76.1 Å². The Morgan fingerprint density at radius 1 is 1.08 bits per heavy atom. The molecule has 2 atom stereocenters. The molecule has 1 aliphatic carbocycles. The summed E-state index contributed by atoms with van der Waals surface area (Å²) in [6.45, 7) is 8.63. The van der Waals surface area contributed by atoms with Gasteiger partial charge in [0.2, 0.25) is 0 Å². The molecule has 204 valence electrons. The number of carbonyl (C=O) groups is 1. The number of hydrogen-bond donors (Lipinski definition) is 1. The first kappa shape index (κ1) is 25.7. The average molecular weight is 533 g/mol. The molecule has 0 saturated carbocycles. The minimum Gasteiger partial charge on any atom is -0.493 e. The van der Waals surface area contributed by atoms with Crippen molar-refractivity contribution in [1.82, 2.24) is 0 Å². The molecule has 7 heteroatoms. The third-order valence-electron chi connectivity index (χ3n) is 8.08. The lowest BCUT2D eigenvalue weighted by Crippen LogP contribution is -2.44. The van der Waals surface area contributed by atoms with Crippen molar-refractivity contribution in [2.45, 2.75) is 52.1 Å². The molecule has 2 aliphatic heterocycles. The maximum absolute atomic E-state index is 15.0. The Balaban J connectivity index is 1.25. The molecule has 3 aromatic carbocycles. The van der Waals surface area contributed by atoms with Gasteiger partial charge in [-0.05, 0) is 90.4 Å². The summed E-state index contributed by atoms with van der Waals surface area (Å²) in [4.78, 5) is 11.2. The van der Waals surface area contributed by atoms with E-state index in [2.05, 4.69) is 6.92 Å². The van der Waals surface area contributed by atoms with Crippen molar-refractivity contribution >= 4 is 5.97 Å². The molecule has 1 unspecified atom stereocenters. The third-order valence-corrected chi connectivity index (χ3v) is 8.08. The van der Waals surface area contributed by atoms with Crippen LogP contribution < -0.4 is 14.2 Å². The van der Waals surface area contributed by atoms with Crippen molar-refractivity contribution < 1.29 is 33.2 Å². The largest absolute Gasteiger partial charge is 0.493 e. The molecule has 1 saturated heterocycles. The minimum atomic E-state index is -0.845. The number of aliphatic carboxylic acids is 1. The predicted molar refractivity (Wildman–Crippen MR) is 144 cm³/mol. The van der Waals surface area contributed by atoms with Gasteiger partial charge in [0.05, 0.1) is 32.8 Å². The molecule has 39 heavy (non-hydrogen) atoms. The first-order chi connectivity index (χ1) is 18.7. The van der Waals surface area contributed by atoms with Crippen LogP contribution in [0.1, 0.15) is 59.6 Å². The number of fused-ring (bicyclic) bond motifs is 2. The highest BCUT2D eigenvalue weighted by Gasteiger charge is 2.34. The molecule has 1 fully saturated rings. The Kier molecular flexibility index (Phi) is 6.50. The molecule has 0 amide bonds. The molecule has 3 aliphatic rings. The molecular weight excluding hydrogens is 499 g/mol. The number of aryl methyl sites for hydroxylation is 2. The minimum absolute atomic E-state index is 0.0333. The van der Waals surface area contributed by atoms with Gasteiger partial charge in [-0.2, -0.15) is 0 Å². The topological polar surface area (TPSA) is 74.2 Å². The fourth-order valence-corrected chi connectivity index (χ4v) is 6.10. The van der Waals surface area contributed by atoms with Crippen molar-refractivity contribution in [3.8, 4) is 28.4 Å². The number of benzene rings is 3. The van der Waals surface area contributed by atoms with Crippen LogP contribution in [0.3, 0.4) is 0 Å². The number of ether oxygens (including phenoxy) is 4. The Morgan fingerprint density at radius 3 is 2.54 bits per heavy atom. The van der Waals surface area contributed by atoms with E-state index in [1.807, 2.05) is 44.2 Å². The second-order valence-corrected chi connectivity index (χ2v) is 11.5. The van der Waals surface area contributed by atoms with Gasteiger partial charge in [-0.25, -0.2) is 4.39 Å². The molecule has 3 aromatic rings. The maximum atomic E-state index is 15.0. The van der Waals surface area contributed by atoms with Crippen molar-refractivity contribution in [2.75, 3.05) is 26.4 Å². The zero-order valence-corrected chi connectivity index (χ0v) is 22.5. The summed E-state index contributed by atoms with van der Waals surface area (Å²) < 4.78 is 38.6. The highest BCUT2D eigenvalue weighted by atomic mass is 19.1. The van der Waals surface area contributed by atoms with Crippen LogP contribution in [0.5, 0.6) is 17.2 Å². The van der Waals surface area contributed by atoms with Crippen molar-refractivity contribution in [3.63, 3.8) is 0 Å². The normalized spacial score (nSPS) is 20.5. The fraction of sp³-hybridized carbons (Fsp3) is 0.406. The standard InChI is InChI=1S/C32H33FO6/c1-18-8-23(38-17-32(3)15-36-16-32)9-19(2)31(18)27-12-21(33)11-26-25(27)6-7-28(26)39-22-4-5-24-20(10-30(34)35)14-37-29(24)13-22/h4-5,8-9,11-13,20,28H,6-7,10,14-17H2,1-3H3,(H,34,35)/t20?,28-/m1/s1. The van der Waals surface area contributed by atoms with Crippen LogP contribution >= 0.6 is 0 Å². The zero-order chi connectivity index (χ0) is 27.3. The van der Waals surface area contributed by atoms with E-state index in [0.29, 0.717) is 37.9 Å². The van der Waals surface area contributed by atoms with Crippen LogP contribution in [0.4, 0.5) is 4.39 Å². The third kappa shape index (κ3) is 4.96. The first-order valence-electron chi connectivity index (χ1n) is 13.5. The van der Waals surface area contributed by atoms with Crippen molar-refractivity contribution in [1.29, 1.82) is 0 Å². The van der Waals surface area contributed by atoms with E-state index < -0.39 is 5.97 Å². The van der Waals surface area contributed by atoms with Gasteiger partial charge in [0, 0.05) is 23.0 Å². The fourth-order valence-electron chi connectivity index (χ4n) is 6.10. The number of carboxylic acids is 1. The number of carboxylic acid groups (broad SMARTS) is 1. The van der Waals surface area contributed by atoms with Gasteiger partial charge in [-0.3, -0.25) is 4.79 Å². The van der Waals surface area contributed by atoms with Crippen LogP contribution in [-0.2, 0) is 16.0 Å². The van der Waals surface area contributed by atoms with Gasteiger partial charge in [-0.1, -0.05) is 13.0 Å². The summed E-state index contributed by atoms with van der Waals surface area (Å²) in [6, 6.07) is 12.8. The Labute approximate surface area is 227 Å². The average Bonchev–Trinajstić information content (AvgIpc) is 3.44. The summed E-state index contributed by atoms with van der Waals surface area (Å²) in [6.07, 6.45) is 1.28. The van der Waals surface area contributed by atoms with E-state index in [-0.39, 0.29) is 29.7 Å². The SMILES string of the molecule is Cc1cc(OCC2(C)COC2)cc(C)c1-c1cc(F)cc2c1CC[C@H]2Oc1ccc2c(c1)OCC2CC(=O)O. The lowest BCUT2D eigenvalue weighted by atomic mass is 9.89. The van der Waals surface area contributed by atoms with Gasteiger partial charge in [0.15, 0.2) is 0 Å². The molecular formula is C32H33FO6. The van der Waals surface area contributed by atoms with Gasteiger partial charge < -0.3 is 24.1 Å². The molecule has 1 N–H and O–H groups in total. The van der Waals surface area contributed by atoms with Crippen molar-refractivity contribution in [2.24, 2.45) is 5.41 Å². The first-order valence-corrected chi connectivity index (χ1v) is 13.5. The monoisotopic (exact) mass is 532 g/mol. The maximum Gasteiger partial charge on any atom is 0.304 e. The van der Waals surface area contributed by atoms with Gasteiger partial charge in [0.25, 0.3) is 0 Å². The molecule has 2 heterocycles. The summed E-state index contributed by atoms with van der Waals surface area (Å²) in [5.41, 5.74) is 6.96. The van der Waals surface area contributed by atoms with Crippen LogP contribution in [0, 0.1) is 25.1 Å². The predicted octanol–water partition coefficient (Wildman–Crippen LogP) is 6.54. The van der Waals surface area contributed by atoms with Gasteiger partial charge in [0.1, 0.15) is 29.2 Å². The van der Waals surface area contributed by atoms with E-state index in [1.54, 1.807) is 12.1 Å². The second-order valence-electron chi connectivity index (χ2n) is 11.5. The van der Waals surface area contributed by atoms with Crippen LogP contribution in [0.15, 0.2) is 42.5 Å². The summed E-state index contributed by atoms with van der Waals surface area (Å²) in [5, 5.41) is 9.16.